The molecule has 0 bridgehead atoms. The first-order valence-corrected chi connectivity index (χ1v) is 8.59. The number of nitrogens with one attached hydrogen (secondary N) is 1. The third-order valence-electron chi connectivity index (χ3n) is 3.91. The van der Waals surface area contributed by atoms with Crippen molar-refractivity contribution in [1.29, 1.82) is 0 Å². The first-order valence-electron chi connectivity index (χ1n) is 8.21. The van der Waals surface area contributed by atoms with Gasteiger partial charge in [-0.3, -0.25) is 4.79 Å². The Balaban J connectivity index is 1.68. The summed E-state index contributed by atoms with van der Waals surface area (Å²) in [6.45, 7) is 0.972. The molecule has 7 nitrogen and oxygen atoms in total. The Bertz CT molecular complexity index is 856. The van der Waals surface area contributed by atoms with E-state index in [4.69, 9.17) is 30.5 Å². The number of carbonyl (C=O) groups excluding carboxylic acids is 1. The van der Waals surface area contributed by atoms with Crippen LogP contribution in [0.5, 0.6) is 17.2 Å². The van der Waals surface area contributed by atoms with E-state index in [0.29, 0.717) is 41.0 Å². The summed E-state index contributed by atoms with van der Waals surface area (Å²) in [5.41, 5.74) is 3.84. The molecule has 1 aliphatic heterocycles. The van der Waals surface area contributed by atoms with Gasteiger partial charge in [-0.25, -0.2) is 5.43 Å². The molecule has 1 aliphatic rings. The number of benzene rings is 2. The molecule has 0 spiro atoms. The number of ether oxygens (including phenoxy) is 4. The van der Waals surface area contributed by atoms with Gasteiger partial charge in [-0.15, -0.1) is 0 Å². The van der Waals surface area contributed by atoms with Gasteiger partial charge in [-0.05, 0) is 35.4 Å². The molecule has 8 heteroatoms. The summed E-state index contributed by atoms with van der Waals surface area (Å²) in [6.07, 6.45) is 0.658. The molecule has 0 aliphatic carbocycles. The number of amides is 1. The van der Waals surface area contributed by atoms with E-state index in [9.17, 15) is 4.79 Å². The highest BCUT2D eigenvalue weighted by atomic mass is 35.5. The zero-order valence-electron chi connectivity index (χ0n) is 14.9. The molecular weight excluding hydrogens is 372 g/mol. The SMILES string of the molecule is COc1cc(/C=N/NC(=O)C(OC)c2ccc3c(c2)OCCO3)ccc1Cl. The van der Waals surface area contributed by atoms with Crippen LogP contribution in [-0.2, 0) is 9.53 Å². The maximum atomic E-state index is 12.4. The largest absolute Gasteiger partial charge is 0.495 e. The van der Waals surface area contributed by atoms with Gasteiger partial charge in [-0.2, -0.15) is 5.10 Å². The summed E-state index contributed by atoms with van der Waals surface area (Å²) in [7, 11) is 2.98. The van der Waals surface area contributed by atoms with Gasteiger partial charge in [0.2, 0.25) is 0 Å². The molecule has 0 saturated heterocycles. The van der Waals surface area contributed by atoms with Crippen molar-refractivity contribution in [2.24, 2.45) is 5.10 Å². The minimum atomic E-state index is -0.835. The van der Waals surface area contributed by atoms with E-state index in [0.717, 1.165) is 5.56 Å². The Morgan fingerprint density at radius 3 is 2.70 bits per heavy atom. The lowest BCUT2D eigenvalue weighted by Gasteiger charge is -2.20. The van der Waals surface area contributed by atoms with E-state index in [1.54, 1.807) is 36.4 Å². The number of fused-ring (bicyclic) bond motifs is 1. The van der Waals surface area contributed by atoms with Crippen LogP contribution in [-0.4, -0.2) is 39.6 Å². The number of carbonyl (C=O) groups is 1. The highest BCUT2D eigenvalue weighted by molar-refractivity contribution is 6.32. The average molecular weight is 391 g/mol. The standard InChI is InChI=1S/C19H19ClN2O5/c1-24-16-9-12(3-5-14(16)20)11-21-22-19(23)18(25-2)13-4-6-15-17(10-13)27-8-7-26-15/h3-6,9-11,18H,7-8H2,1-2H3,(H,22,23)/b21-11+. The molecule has 3 rings (SSSR count). The first-order chi connectivity index (χ1) is 13.1. The Labute approximate surface area is 161 Å². The topological polar surface area (TPSA) is 78.4 Å². The maximum Gasteiger partial charge on any atom is 0.273 e. The predicted molar refractivity (Wildman–Crippen MR) is 101 cm³/mol. The van der Waals surface area contributed by atoms with E-state index in [1.807, 2.05) is 0 Å². The minimum absolute atomic E-state index is 0.411. The normalized spacial score (nSPS) is 14.0. The van der Waals surface area contributed by atoms with Gasteiger partial charge in [0.1, 0.15) is 19.0 Å². The highest BCUT2D eigenvalue weighted by Gasteiger charge is 2.22. The van der Waals surface area contributed by atoms with E-state index in [-0.39, 0.29) is 0 Å². The van der Waals surface area contributed by atoms with Crippen molar-refractivity contribution < 1.29 is 23.7 Å². The molecule has 1 unspecified atom stereocenters. The maximum absolute atomic E-state index is 12.4. The van der Waals surface area contributed by atoms with Gasteiger partial charge in [0.25, 0.3) is 5.91 Å². The summed E-state index contributed by atoms with van der Waals surface area (Å²) < 4.78 is 21.5. The third-order valence-corrected chi connectivity index (χ3v) is 4.22. The molecule has 0 aromatic heterocycles. The summed E-state index contributed by atoms with van der Waals surface area (Å²) >= 11 is 5.98. The molecule has 1 amide bonds. The monoisotopic (exact) mass is 390 g/mol. The molecule has 2 aromatic rings. The van der Waals surface area contributed by atoms with Crippen LogP contribution in [0.2, 0.25) is 5.02 Å². The van der Waals surface area contributed by atoms with Gasteiger partial charge in [0, 0.05) is 7.11 Å². The smallest absolute Gasteiger partial charge is 0.273 e. The van der Waals surface area contributed by atoms with Crippen LogP contribution in [0.15, 0.2) is 41.5 Å². The van der Waals surface area contributed by atoms with Crippen LogP contribution >= 0.6 is 11.6 Å². The van der Waals surface area contributed by atoms with Crippen LogP contribution in [0.4, 0.5) is 0 Å². The number of halogens is 1. The molecule has 142 valence electrons. The van der Waals surface area contributed by atoms with E-state index in [2.05, 4.69) is 10.5 Å². The Morgan fingerprint density at radius 2 is 1.96 bits per heavy atom. The zero-order chi connectivity index (χ0) is 19.2. The van der Waals surface area contributed by atoms with Crippen LogP contribution in [0.3, 0.4) is 0 Å². The first kappa shape index (κ1) is 19.0. The summed E-state index contributed by atoms with van der Waals surface area (Å²) in [5, 5.41) is 4.47. The van der Waals surface area contributed by atoms with Gasteiger partial charge < -0.3 is 18.9 Å². The van der Waals surface area contributed by atoms with E-state index < -0.39 is 12.0 Å². The fourth-order valence-electron chi connectivity index (χ4n) is 2.60. The number of hydrogen-bond donors (Lipinski definition) is 1. The molecule has 1 heterocycles. The summed E-state index contributed by atoms with van der Waals surface area (Å²) in [4.78, 5) is 12.4. The highest BCUT2D eigenvalue weighted by Crippen LogP contribution is 2.33. The third kappa shape index (κ3) is 4.50. The van der Waals surface area contributed by atoms with Gasteiger partial charge in [-0.1, -0.05) is 23.7 Å². The molecule has 1 atom stereocenters. The average Bonchev–Trinajstić information content (AvgIpc) is 2.69. The second kappa shape index (κ2) is 8.75. The van der Waals surface area contributed by atoms with Gasteiger partial charge in [0.05, 0.1) is 18.3 Å². The van der Waals surface area contributed by atoms with E-state index >= 15 is 0 Å². The molecule has 0 fully saturated rings. The summed E-state index contributed by atoms with van der Waals surface area (Å²) in [5.74, 6) is 1.35. The Morgan fingerprint density at radius 1 is 1.19 bits per heavy atom. The molecule has 0 radical (unpaired) electrons. The Kier molecular flexibility index (Phi) is 6.16. The van der Waals surface area contributed by atoms with Crippen molar-refractivity contribution in [3.05, 3.63) is 52.5 Å². The zero-order valence-corrected chi connectivity index (χ0v) is 15.7. The van der Waals surface area contributed by atoms with Crippen molar-refractivity contribution in [3.8, 4) is 17.2 Å². The van der Waals surface area contributed by atoms with Crippen LogP contribution in [0.1, 0.15) is 17.2 Å². The lowest BCUT2D eigenvalue weighted by molar-refractivity contribution is -0.131. The lowest BCUT2D eigenvalue weighted by atomic mass is 10.1. The molecule has 2 aromatic carbocycles. The van der Waals surface area contributed by atoms with Crippen molar-refractivity contribution in [2.45, 2.75) is 6.10 Å². The number of methoxy groups -OCH3 is 2. The fraction of sp³-hybridized carbons (Fsp3) is 0.263. The fourth-order valence-corrected chi connectivity index (χ4v) is 2.80. The van der Waals surface area contributed by atoms with Gasteiger partial charge >= 0.3 is 0 Å². The molecule has 0 saturated carbocycles. The Hall–Kier alpha value is -2.77. The van der Waals surface area contributed by atoms with E-state index in [1.165, 1.54) is 20.4 Å². The van der Waals surface area contributed by atoms with Crippen molar-refractivity contribution in [2.75, 3.05) is 27.4 Å². The second-order valence-corrected chi connectivity index (χ2v) is 6.05. The minimum Gasteiger partial charge on any atom is -0.495 e. The van der Waals surface area contributed by atoms with Crippen molar-refractivity contribution in [3.63, 3.8) is 0 Å². The quantitative estimate of drug-likeness (QED) is 0.606. The van der Waals surface area contributed by atoms with Crippen molar-refractivity contribution in [1.82, 2.24) is 5.43 Å². The second-order valence-electron chi connectivity index (χ2n) is 5.65. The predicted octanol–water partition coefficient (Wildman–Crippen LogP) is 2.96. The van der Waals surface area contributed by atoms with Crippen LogP contribution < -0.4 is 19.6 Å². The number of hydrogen-bond acceptors (Lipinski definition) is 6. The molecule has 27 heavy (non-hydrogen) atoms. The van der Waals surface area contributed by atoms with Crippen LogP contribution in [0.25, 0.3) is 0 Å². The van der Waals surface area contributed by atoms with Gasteiger partial charge in [0.15, 0.2) is 17.6 Å². The number of nitrogens with zero attached hydrogens (tertiary/aromatic N) is 1. The molecular formula is C19H19ClN2O5. The summed E-state index contributed by atoms with van der Waals surface area (Å²) in [6, 6.07) is 10.4. The number of hydrazone groups is 1. The lowest BCUT2D eigenvalue weighted by Crippen LogP contribution is -2.27. The number of rotatable bonds is 6. The van der Waals surface area contributed by atoms with Crippen LogP contribution in [0, 0.1) is 0 Å². The van der Waals surface area contributed by atoms with Crippen molar-refractivity contribution >= 4 is 23.7 Å². The molecule has 1 N–H and O–H groups in total.